The van der Waals surface area contributed by atoms with Crippen molar-refractivity contribution in [3.05, 3.63) is 35.9 Å². The Morgan fingerprint density at radius 3 is 2.38 bits per heavy atom. The second-order valence-electron chi connectivity index (χ2n) is 6.60. The summed E-state index contributed by atoms with van der Waals surface area (Å²) in [5.41, 5.74) is 0.821. The SMILES string of the molecule is O=C1C2COCC1CC(C(=O)N(Cc1ccccc1)CC(F)F)C2. The fraction of sp³-hybridized carbons (Fsp3) is 0.556. The molecule has 3 rings (SSSR count). The Labute approximate surface area is 139 Å². The summed E-state index contributed by atoms with van der Waals surface area (Å²) >= 11 is 0. The standard InChI is InChI=1S/C18H21F2NO3/c19-16(20)9-21(8-12-4-2-1-3-5-12)18(23)13-6-14-10-24-11-15(7-13)17(14)22/h1-5,13-16H,6-11H2. The molecule has 1 aliphatic heterocycles. The highest BCUT2D eigenvalue weighted by Crippen LogP contribution is 2.35. The van der Waals surface area contributed by atoms with Gasteiger partial charge in [-0.2, -0.15) is 0 Å². The van der Waals surface area contributed by atoms with Crippen LogP contribution in [0.4, 0.5) is 8.78 Å². The van der Waals surface area contributed by atoms with Gasteiger partial charge in [-0.15, -0.1) is 0 Å². The lowest BCUT2D eigenvalue weighted by molar-refractivity contribution is -0.151. The number of ether oxygens (including phenoxy) is 1. The minimum atomic E-state index is -2.58. The van der Waals surface area contributed by atoms with Crippen molar-refractivity contribution in [3.8, 4) is 0 Å². The zero-order chi connectivity index (χ0) is 17.1. The number of carbonyl (C=O) groups is 2. The van der Waals surface area contributed by atoms with Gasteiger partial charge < -0.3 is 9.64 Å². The van der Waals surface area contributed by atoms with E-state index in [0.717, 1.165) is 5.56 Å². The Kier molecular flexibility index (Phi) is 5.23. The van der Waals surface area contributed by atoms with Crippen LogP contribution in [0.1, 0.15) is 18.4 Å². The van der Waals surface area contributed by atoms with E-state index in [0.29, 0.717) is 26.1 Å². The molecule has 1 amide bonds. The third-order valence-corrected chi connectivity index (χ3v) is 4.82. The number of amides is 1. The highest BCUT2D eigenvalue weighted by molar-refractivity contribution is 5.88. The number of nitrogens with zero attached hydrogens (tertiary/aromatic N) is 1. The maximum absolute atomic E-state index is 12.9. The van der Waals surface area contributed by atoms with E-state index in [1.54, 1.807) is 0 Å². The van der Waals surface area contributed by atoms with Crippen LogP contribution in [-0.2, 0) is 20.9 Å². The summed E-state index contributed by atoms with van der Waals surface area (Å²) in [6.07, 6.45) is -1.77. The van der Waals surface area contributed by atoms with Crippen LogP contribution < -0.4 is 0 Å². The lowest BCUT2D eigenvalue weighted by Gasteiger charge is -2.38. The van der Waals surface area contributed by atoms with Gasteiger partial charge in [0.25, 0.3) is 6.43 Å². The summed E-state index contributed by atoms with van der Waals surface area (Å²) in [5.74, 6) is -1.02. The molecule has 0 aromatic heterocycles. The smallest absolute Gasteiger partial charge is 0.255 e. The molecule has 1 aromatic carbocycles. The van der Waals surface area contributed by atoms with Gasteiger partial charge in [0.2, 0.25) is 5.91 Å². The van der Waals surface area contributed by atoms with Gasteiger partial charge in [0.15, 0.2) is 0 Å². The van der Waals surface area contributed by atoms with Crippen molar-refractivity contribution in [2.24, 2.45) is 17.8 Å². The molecule has 130 valence electrons. The first-order valence-corrected chi connectivity index (χ1v) is 8.27. The second kappa shape index (κ2) is 7.38. The molecular weight excluding hydrogens is 316 g/mol. The zero-order valence-electron chi connectivity index (χ0n) is 13.4. The number of carbonyl (C=O) groups excluding carboxylic acids is 2. The van der Waals surface area contributed by atoms with Crippen molar-refractivity contribution < 1.29 is 23.1 Å². The molecule has 6 heteroatoms. The molecule has 2 bridgehead atoms. The van der Waals surface area contributed by atoms with E-state index in [9.17, 15) is 18.4 Å². The van der Waals surface area contributed by atoms with Gasteiger partial charge in [-0.05, 0) is 18.4 Å². The largest absolute Gasteiger partial charge is 0.380 e. The molecule has 2 unspecified atom stereocenters. The van der Waals surface area contributed by atoms with Gasteiger partial charge >= 0.3 is 0 Å². The number of hydrogen-bond donors (Lipinski definition) is 0. The van der Waals surface area contributed by atoms with E-state index in [1.165, 1.54) is 4.90 Å². The summed E-state index contributed by atoms with van der Waals surface area (Å²) < 4.78 is 31.3. The third kappa shape index (κ3) is 3.80. The maximum Gasteiger partial charge on any atom is 0.255 e. The van der Waals surface area contributed by atoms with Crippen LogP contribution in [0.25, 0.3) is 0 Å². The summed E-state index contributed by atoms with van der Waals surface area (Å²) in [6, 6.07) is 9.12. The van der Waals surface area contributed by atoms with Crippen molar-refractivity contribution in [1.82, 2.24) is 4.90 Å². The lowest BCUT2D eigenvalue weighted by Crippen LogP contribution is -2.48. The van der Waals surface area contributed by atoms with Crippen LogP contribution in [0.3, 0.4) is 0 Å². The minimum Gasteiger partial charge on any atom is -0.380 e. The van der Waals surface area contributed by atoms with Gasteiger partial charge in [-0.25, -0.2) is 8.78 Å². The molecule has 4 nitrogen and oxygen atoms in total. The first-order valence-electron chi connectivity index (χ1n) is 8.27. The second-order valence-corrected chi connectivity index (χ2v) is 6.60. The van der Waals surface area contributed by atoms with Crippen molar-refractivity contribution in [3.63, 3.8) is 0 Å². The van der Waals surface area contributed by atoms with Crippen LogP contribution in [0.15, 0.2) is 30.3 Å². The molecule has 1 heterocycles. The van der Waals surface area contributed by atoms with Gasteiger partial charge in [0.1, 0.15) is 5.78 Å². The van der Waals surface area contributed by atoms with Crippen LogP contribution in [-0.4, -0.2) is 42.8 Å². The van der Waals surface area contributed by atoms with Crippen molar-refractivity contribution in [1.29, 1.82) is 0 Å². The van der Waals surface area contributed by atoms with Gasteiger partial charge in [0.05, 0.1) is 19.8 Å². The van der Waals surface area contributed by atoms with Gasteiger partial charge in [-0.1, -0.05) is 30.3 Å². The summed E-state index contributed by atoms with van der Waals surface area (Å²) in [7, 11) is 0. The Morgan fingerprint density at radius 1 is 1.17 bits per heavy atom. The first kappa shape index (κ1) is 17.0. The van der Waals surface area contributed by atoms with E-state index in [-0.39, 0.29) is 36.0 Å². The first-order chi connectivity index (χ1) is 11.5. The highest BCUT2D eigenvalue weighted by Gasteiger charge is 2.43. The molecule has 1 aromatic rings. The van der Waals surface area contributed by atoms with E-state index < -0.39 is 13.0 Å². The molecule has 1 aliphatic carbocycles. The molecule has 1 saturated carbocycles. The monoisotopic (exact) mass is 337 g/mol. The number of Topliss-reactive ketones (excluding diaryl/α,β-unsaturated/α-hetero) is 1. The Bertz CT molecular complexity index is 577. The van der Waals surface area contributed by atoms with E-state index in [1.807, 2.05) is 30.3 Å². The topological polar surface area (TPSA) is 46.6 Å². The molecular formula is C18H21F2NO3. The number of fused-ring (bicyclic) bond motifs is 2. The number of alkyl halides is 2. The normalized spacial score (nSPS) is 26.5. The molecule has 1 saturated heterocycles. The van der Waals surface area contributed by atoms with Crippen molar-refractivity contribution in [2.75, 3.05) is 19.8 Å². The van der Waals surface area contributed by atoms with E-state index in [4.69, 9.17) is 4.74 Å². The predicted octanol–water partition coefficient (Wildman–Crippen LogP) is 2.52. The Balaban J connectivity index is 1.72. The highest BCUT2D eigenvalue weighted by atomic mass is 19.3. The number of benzene rings is 1. The molecule has 0 spiro atoms. The molecule has 2 atom stereocenters. The summed E-state index contributed by atoms with van der Waals surface area (Å²) in [4.78, 5) is 26.1. The fourth-order valence-corrected chi connectivity index (χ4v) is 3.66. The average molecular weight is 337 g/mol. The summed E-state index contributed by atoms with van der Waals surface area (Å²) in [6.45, 7) is 0.267. The number of hydrogen-bond acceptors (Lipinski definition) is 3. The van der Waals surface area contributed by atoms with Crippen LogP contribution in [0.5, 0.6) is 0 Å². The predicted molar refractivity (Wildman–Crippen MR) is 83.4 cm³/mol. The van der Waals surface area contributed by atoms with Gasteiger partial charge in [-0.3, -0.25) is 9.59 Å². The third-order valence-electron chi connectivity index (χ3n) is 4.82. The fourth-order valence-electron chi connectivity index (χ4n) is 3.66. The molecule has 0 radical (unpaired) electrons. The lowest BCUT2D eigenvalue weighted by atomic mass is 9.73. The molecule has 24 heavy (non-hydrogen) atoms. The molecule has 2 aliphatic rings. The number of rotatable bonds is 5. The Morgan fingerprint density at radius 2 is 1.79 bits per heavy atom. The van der Waals surface area contributed by atoms with Crippen LogP contribution >= 0.6 is 0 Å². The van der Waals surface area contributed by atoms with Crippen LogP contribution in [0, 0.1) is 17.8 Å². The Hall–Kier alpha value is -1.82. The van der Waals surface area contributed by atoms with Crippen LogP contribution in [0.2, 0.25) is 0 Å². The van der Waals surface area contributed by atoms with Crippen molar-refractivity contribution >= 4 is 11.7 Å². The number of halogens is 2. The molecule has 0 N–H and O–H groups in total. The minimum absolute atomic E-state index is 0.161. The maximum atomic E-state index is 12.9. The van der Waals surface area contributed by atoms with Gasteiger partial charge in [0, 0.05) is 24.3 Å². The molecule has 2 fully saturated rings. The number of ketones is 1. The summed E-state index contributed by atoms with van der Waals surface area (Å²) in [5, 5.41) is 0. The average Bonchev–Trinajstić information content (AvgIpc) is 2.54. The quantitative estimate of drug-likeness (QED) is 0.829. The zero-order valence-corrected chi connectivity index (χ0v) is 13.4. The van der Waals surface area contributed by atoms with E-state index in [2.05, 4.69) is 0 Å². The van der Waals surface area contributed by atoms with E-state index >= 15 is 0 Å². The van der Waals surface area contributed by atoms with Crippen molar-refractivity contribution in [2.45, 2.75) is 25.8 Å².